The smallest absolute Gasteiger partial charge is 0.295 e. The van der Waals surface area contributed by atoms with Crippen LogP contribution in [0.2, 0.25) is 0 Å². The van der Waals surface area contributed by atoms with E-state index in [1.165, 1.54) is 0 Å². The van der Waals surface area contributed by atoms with Crippen LogP contribution in [0.5, 0.6) is 23.1 Å². The highest BCUT2D eigenvalue weighted by Crippen LogP contribution is 2.42. The first-order chi connectivity index (χ1) is 13.2. The van der Waals surface area contributed by atoms with Crippen LogP contribution in [0.25, 0.3) is 10.9 Å². The number of nitrogens with zero attached hydrogens (tertiary/aromatic N) is 2. The third-order valence-corrected chi connectivity index (χ3v) is 4.07. The van der Waals surface area contributed by atoms with E-state index in [1.807, 2.05) is 6.92 Å². The molecule has 0 spiro atoms. The van der Waals surface area contributed by atoms with E-state index in [0.717, 1.165) is 0 Å². The molecule has 8 heteroatoms. The lowest BCUT2D eigenvalue weighted by Gasteiger charge is -2.17. The molecule has 0 saturated carbocycles. The van der Waals surface area contributed by atoms with Crippen LogP contribution in [0.3, 0.4) is 0 Å². The Kier molecular flexibility index (Phi) is 4.37. The Morgan fingerprint density at radius 1 is 1.19 bits per heavy atom. The Morgan fingerprint density at radius 3 is 2.59 bits per heavy atom. The number of amides is 1. The van der Waals surface area contributed by atoms with Crippen molar-refractivity contribution >= 4 is 22.5 Å². The van der Waals surface area contributed by atoms with Gasteiger partial charge in [-0.3, -0.25) is 4.79 Å². The molecule has 1 amide bonds. The molecule has 1 aliphatic rings. The number of azo groups is 1. The number of aromatic nitrogens is 1. The molecule has 0 aliphatic carbocycles. The van der Waals surface area contributed by atoms with E-state index < -0.39 is 5.91 Å². The van der Waals surface area contributed by atoms with Crippen LogP contribution in [-0.4, -0.2) is 35.8 Å². The third-order valence-electron chi connectivity index (χ3n) is 4.07. The Hall–Kier alpha value is -3.55. The zero-order chi connectivity index (χ0) is 18.8. The van der Waals surface area contributed by atoms with Crippen molar-refractivity contribution in [3.05, 3.63) is 42.0 Å². The van der Waals surface area contributed by atoms with Gasteiger partial charge in [-0.25, -0.2) is 0 Å². The van der Waals surface area contributed by atoms with E-state index in [4.69, 9.17) is 14.2 Å². The zero-order valence-corrected chi connectivity index (χ0v) is 14.6. The highest BCUT2D eigenvalue weighted by Gasteiger charge is 2.18. The molecule has 0 fully saturated rings. The van der Waals surface area contributed by atoms with Gasteiger partial charge in [0.1, 0.15) is 19.0 Å². The SMILES string of the molecule is CCOc1ccc(C(=O)N=Nc2c(O)[nH]c3cc4c(cc23)OCCO4)cc1. The summed E-state index contributed by atoms with van der Waals surface area (Å²) in [5, 5.41) is 18.4. The number of H-pyrrole nitrogens is 1. The van der Waals surface area contributed by atoms with E-state index >= 15 is 0 Å². The van der Waals surface area contributed by atoms with Gasteiger partial charge >= 0.3 is 0 Å². The molecule has 2 N–H and O–H groups in total. The van der Waals surface area contributed by atoms with E-state index in [-0.39, 0.29) is 11.6 Å². The summed E-state index contributed by atoms with van der Waals surface area (Å²) >= 11 is 0. The lowest BCUT2D eigenvalue weighted by Crippen LogP contribution is -2.15. The van der Waals surface area contributed by atoms with Crippen LogP contribution in [0, 0.1) is 0 Å². The summed E-state index contributed by atoms with van der Waals surface area (Å²) in [5.74, 6) is 1.11. The molecular formula is C19H17N3O5. The summed E-state index contributed by atoms with van der Waals surface area (Å²) in [6, 6.07) is 10.0. The van der Waals surface area contributed by atoms with Crippen LogP contribution in [0.15, 0.2) is 46.6 Å². The molecule has 0 radical (unpaired) electrons. The molecule has 3 aromatic rings. The maximum Gasteiger partial charge on any atom is 0.295 e. The van der Waals surface area contributed by atoms with Gasteiger partial charge in [0.05, 0.1) is 12.1 Å². The first-order valence-corrected chi connectivity index (χ1v) is 8.49. The summed E-state index contributed by atoms with van der Waals surface area (Å²) in [6.45, 7) is 3.34. The van der Waals surface area contributed by atoms with Crippen molar-refractivity contribution < 1.29 is 24.1 Å². The van der Waals surface area contributed by atoms with Gasteiger partial charge in [0.2, 0.25) is 5.88 Å². The maximum atomic E-state index is 12.3. The largest absolute Gasteiger partial charge is 0.494 e. The summed E-state index contributed by atoms with van der Waals surface area (Å²) in [6.07, 6.45) is 0. The average Bonchev–Trinajstić information content (AvgIpc) is 2.99. The summed E-state index contributed by atoms with van der Waals surface area (Å²) < 4.78 is 16.4. The summed E-state index contributed by atoms with van der Waals surface area (Å²) in [4.78, 5) is 15.1. The Labute approximate surface area is 154 Å². The molecule has 4 rings (SSSR count). The maximum absolute atomic E-state index is 12.3. The van der Waals surface area contributed by atoms with Crippen LogP contribution >= 0.6 is 0 Å². The second kappa shape index (κ2) is 6.99. The molecule has 0 bridgehead atoms. The number of aromatic hydroxyl groups is 1. The number of hydrogen-bond acceptors (Lipinski definition) is 6. The van der Waals surface area contributed by atoms with Gasteiger partial charge in [0.25, 0.3) is 5.91 Å². The van der Waals surface area contributed by atoms with Crippen molar-refractivity contribution in [3.8, 4) is 23.1 Å². The van der Waals surface area contributed by atoms with E-state index in [9.17, 15) is 9.90 Å². The average molecular weight is 367 g/mol. The highest BCUT2D eigenvalue weighted by atomic mass is 16.6. The van der Waals surface area contributed by atoms with Gasteiger partial charge < -0.3 is 24.3 Å². The third kappa shape index (κ3) is 3.29. The summed E-state index contributed by atoms with van der Waals surface area (Å²) in [7, 11) is 0. The number of benzene rings is 2. The first-order valence-electron chi connectivity index (χ1n) is 8.49. The van der Waals surface area contributed by atoms with Gasteiger partial charge in [-0.15, -0.1) is 10.2 Å². The fourth-order valence-corrected chi connectivity index (χ4v) is 2.82. The fraction of sp³-hybridized carbons (Fsp3) is 0.211. The van der Waals surface area contributed by atoms with Crippen LogP contribution in [0.4, 0.5) is 5.69 Å². The minimum Gasteiger partial charge on any atom is -0.494 e. The molecule has 8 nitrogen and oxygen atoms in total. The molecule has 27 heavy (non-hydrogen) atoms. The predicted octanol–water partition coefficient (Wildman–Crippen LogP) is 3.97. The standard InChI is InChI=1S/C19H17N3O5/c1-2-25-12-5-3-11(4-6-12)18(23)22-21-17-13-9-15-16(27-8-7-26-15)10-14(13)20-19(17)24/h3-6,9-10,20,24H,2,7-8H2,1H3. The molecule has 2 aromatic carbocycles. The second-order valence-corrected chi connectivity index (χ2v) is 5.83. The minimum absolute atomic E-state index is 0.168. The number of carbonyl (C=O) groups excluding carboxylic acids is 1. The van der Waals surface area contributed by atoms with Gasteiger partial charge in [0.15, 0.2) is 17.2 Å². The molecule has 0 saturated heterocycles. The van der Waals surface area contributed by atoms with Crippen LogP contribution < -0.4 is 14.2 Å². The highest BCUT2D eigenvalue weighted by molar-refractivity contribution is 5.98. The van der Waals surface area contributed by atoms with E-state index in [1.54, 1.807) is 36.4 Å². The lowest BCUT2D eigenvalue weighted by atomic mass is 10.2. The first kappa shape index (κ1) is 16.9. The van der Waals surface area contributed by atoms with Crippen LogP contribution in [-0.2, 0) is 0 Å². The second-order valence-electron chi connectivity index (χ2n) is 5.83. The van der Waals surface area contributed by atoms with Crippen molar-refractivity contribution in [3.63, 3.8) is 0 Å². The van der Waals surface area contributed by atoms with Crippen molar-refractivity contribution in [1.82, 2.24) is 4.98 Å². The van der Waals surface area contributed by atoms with Crippen molar-refractivity contribution in [1.29, 1.82) is 0 Å². The topological polar surface area (TPSA) is 106 Å². The summed E-state index contributed by atoms with van der Waals surface area (Å²) in [5.41, 5.74) is 1.15. The number of fused-ring (bicyclic) bond motifs is 2. The molecule has 138 valence electrons. The van der Waals surface area contributed by atoms with Gasteiger partial charge in [-0.1, -0.05) is 0 Å². The van der Waals surface area contributed by atoms with Gasteiger partial charge in [-0.2, -0.15) is 0 Å². The van der Waals surface area contributed by atoms with Crippen molar-refractivity contribution in [2.75, 3.05) is 19.8 Å². The fourth-order valence-electron chi connectivity index (χ4n) is 2.82. The van der Waals surface area contributed by atoms with E-state index in [0.29, 0.717) is 53.5 Å². The van der Waals surface area contributed by atoms with Gasteiger partial charge in [0, 0.05) is 17.0 Å². The molecule has 2 heterocycles. The number of hydrogen-bond donors (Lipinski definition) is 2. The van der Waals surface area contributed by atoms with Gasteiger partial charge in [-0.05, 0) is 37.3 Å². The number of aromatic amines is 1. The Bertz CT molecular complexity index is 1020. The molecular weight excluding hydrogens is 350 g/mol. The minimum atomic E-state index is -0.524. The Morgan fingerprint density at radius 2 is 1.89 bits per heavy atom. The number of nitrogens with one attached hydrogen (secondary N) is 1. The predicted molar refractivity (Wildman–Crippen MR) is 97.4 cm³/mol. The molecule has 0 atom stereocenters. The number of rotatable bonds is 4. The lowest BCUT2D eigenvalue weighted by molar-refractivity contribution is 0.0995. The van der Waals surface area contributed by atoms with Crippen molar-refractivity contribution in [2.45, 2.75) is 6.92 Å². The molecule has 1 aromatic heterocycles. The normalized spacial score (nSPS) is 13.2. The number of ether oxygens (including phenoxy) is 3. The monoisotopic (exact) mass is 367 g/mol. The molecule has 0 unspecified atom stereocenters. The quantitative estimate of drug-likeness (QED) is 0.679. The van der Waals surface area contributed by atoms with E-state index in [2.05, 4.69) is 15.2 Å². The van der Waals surface area contributed by atoms with Crippen LogP contribution in [0.1, 0.15) is 17.3 Å². The Balaban J connectivity index is 1.62. The number of carbonyl (C=O) groups is 1. The molecule has 1 aliphatic heterocycles. The van der Waals surface area contributed by atoms with Crippen molar-refractivity contribution in [2.24, 2.45) is 10.2 Å². The zero-order valence-electron chi connectivity index (χ0n) is 14.6.